The molecule has 1 atom stereocenters. The molecule has 2 heterocycles. The molecule has 0 saturated carbocycles. The van der Waals surface area contributed by atoms with Crippen LogP contribution in [0, 0.1) is 5.82 Å². The summed E-state index contributed by atoms with van der Waals surface area (Å²) in [4.78, 5) is 20.8. The number of rotatable bonds is 2. The fourth-order valence-electron chi connectivity index (χ4n) is 2.65. The second kappa shape index (κ2) is 6.33. The number of phenolic OH excluding ortho intramolecular Hbond substituents is 1. The average molecular weight is 335 g/mol. The normalized spacial score (nSPS) is 23.2. The van der Waals surface area contributed by atoms with Crippen molar-refractivity contribution in [2.75, 3.05) is 27.2 Å². The summed E-state index contributed by atoms with van der Waals surface area (Å²) >= 11 is 1.27. The highest BCUT2D eigenvalue weighted by Crippen LogP contribution is 2.33. The Hall–Kier alpha value is -1.86. The van der Waals surface area contributed by atoms with Crippen LogP contribution in [0.15, 0.2) is 28.1 Å². The van der Waals surface area contributed by atoms with E-state index in [0.29, 0.717) is 16.1 Å². The SMILES string of the molecule is CN(C)[C@H]1CCN(C2=NC(=O)/C(=C/c3cc(F)ccc3O)S2)C1. The van der Waals surface area contributed by atoms with E-state index in [4.69, 9.17) is 0 Å². The second-order valence-electron chi connectivity index (χ2n) is 5.87. The van der Waals surface area contributed by atoms with Crippen molar-refractivity contribution in [1.29, 1.82) is 0 Å². The summed E-state index contributed by atoms with van der Waals surface area (Å²) in [5.41, 5.74) is 0.282. The van der Waals surface area contributed by atoms with E-state index in [0.717, 1.165) is 19.5 Å². The second-order valence-corrected chi connectivity index (χ2v) is 6.87. The number of likely N-dealkylation sites (tertiary alicyclic amines) is 1. The van der Waals surface area contributed by atoms with Gasteiger partial charge in [-0.25, -0.2) is 4.39 Å². The molecule has 1 aromatic rings. The maximum atomic E-state index is 13.3. The first-order valence-corrected chi connectivity index (χ1v) is 8.18. The van der Waals surface area contributed by atoms with E-state index in [2.05, 4.69) is 14.8 Å². The van der Waals surface area contributed by atoms with E-state index in [-0.39, 0.29) is 17.2 Å². The van der Waals surface area contributed by atoms with Crippen LogP contribution in [0.3, 0.4) is 0 Å². The Morgan fingerprint density at radius 2 is 2.26 bits per heavy atom. The summed E-state index contributed by atoms with van der Waals surface area (Å²) in [7, 11) is 4.09. The Kier molecular flexibility index (Phi) is 4.41. The fraction of sp³-hybridized carbons (Fsp3) is 0.375. The van der Waals surface area contributed by atoms with Crippen molar-refractivity contribution in [3.63, 3.8) is 0 Å². The zero-order chi connectivity index (χ0) is 16.6. The molecular weight excluding hydrogens is 317 g/mol. The number of hydrogen-bond donors (Lipinski definition) is 1. The molecule has 2 aliphatic rings. The van der Waals surface area contributed by atoms with E-state index < -0.39 is 5.82 Å². The van der Waals surface area contributed by atoms with Crippen LogP contribution in [0.5, 0.6) is 5.75 Å². The Balaban J connectivity index is 1.75. The minimum absolute atomic E-state index is 0.0606. The number of carbonyl (C=O) groups is 1. The molecule has 1 fully saturated rings. The molecule has 0 radical (unpaired) electrons. The maximum Gasteiger partial charge on any atom is 0.286 e. The van der Waals surface area contributed by atoms with Gasteiger partial charge in [0.15, 0.2) is 5.17 Å². The number of halogens is 1. The van der Waals surface area contributed by atoms with Gasteiger partial charge in [0.2, 0.25) is 0 Å². The Morgan fingerprint density at radius 1 is 1.48 bits per heavy atom. The van der Waals surface area contributed by atoms with Crippen LogP contribution in [-0.4, -0.2) is 59.2 Å². The number of aromatic hydroxyl groups is 1. The lowest BCUT2D eigenvalue weighted by Gasteiger charge is -2.20. The third-order valence-electron chi connectivity index (χ3n) is 4.05. The van der Waals surface area contributed by atoms with Gasteiger partial charge < -0.3 is 14.9 Å². The van der Waals surface area contributed by atoms with Crippen LogP contribution in [0.2, 0.25) is 0 Å². The molecule has 0 aliphatic carbocycles. The third-order valence-corrected chi connectivity index (χ3v) is 5.09. The van der Waals surface area contributed by atoms with Crippen molar-refractivity contribution in [2.24, 2.45) is 4.99 Å². The highest BCUT2D eigenvalue weighted by Gasteiger charge is 2.32. The van der Waals surface area contributed by atoms with Crippen LogP contribution in [0.4, 0.5) is 4.39 Å². The molecule has 3 rings (SSSR count). The maximum absolute atomic E-state index is 13.3. The molecule has 0 bridgehead atoms. The number of nitrogens with zero attached hydrogens (tertiary/aromatic N) is 3. The monoisotopic (exact) mass is 335 g/mol. The molecule has 23 heavy (non-hydrogen) atoms. The molecule has 0 spiro atoms. The number of phenols is 1. The van der Waals surface area contributed by atoms with E-state index in [1.54, 1.807) is 0 Å². The average Bonchev–Trinajstić information content (AvgIpc) is 3.10. The highest BCUT2D eigenvalue weighted by molar-refractivity contribution is 8.18. The van der Waals surface area contributed by atoms with Crippen LogP contribution in [0.1, 0.15) is 12.0 Å². The molecule has 7 heteroatoms. The number of carbonyl (C=O) groups excluding carboxylic acids is 1. The molecule has 122 valence electrons. The molecule has 0 aromatic heterocycles. The van der Waals surface area contributed by atoms with Crippen LogP contribution in [-0.2, 0) is 4.79 Å². The van der Waals surface area contributed by atoms with Crippen molar-refractivity contribution in [2.45, 2.75) is 12.5 Å². The largest absolute Gasteiger partial charge is 0.507 e. The Bertz CT molecular complexity index is 703. The molecule has 2 aliphatic heterocycles. The molecule has 1 amide bonds. The van der Waals surface area contributed by atoms with Crippen molar-refractivity contribution in [1.82, 2.24) is 9.80 Å². The van der Waals surface area contributed by atoms with Crippen LogP contribution in [0.25, 0.3) is 6.08 Å². The minimum Gasteiger partial charge on any atom is -0.507 e. The molecule has 5 nitrogen and oxygen atoms in total. The van der Waals surface area contributed by atoms with E-state index >= 15 is 0 Å². The number of likely N-dealkylation sites (N-methyl/N-ethyl adjacent to an activating group) is 1. The zero-order valence-electron chi connectivity index (χ0n) is 13.0. The number of benzene rings is 1. The molecule has 0 unspecified atom stereocenters. The number of aliphatic imine (C=N–C) groups is 1. The standard InChI is InChI=1S/C16H18FN3O2S/c1-19(2)12-5-6-20(9-12)16-18-15(22)14(23-16)8-10-7-11(17)3-4-13(10)21/h3-4,7-8,12,21H,5-6,9H2,1-2H3/b14-8-/t12-/m0/s1. The van der Waals surface area contributed by atoms with E-state index in [9.17, 15) is 14.3 Å². The lowest BCUT2D eigenvalue weighted by molar-refractivity contribution is -0.113. The van der Waals surface area contributed by atoms with Crippen molar-refractivity contribution < 1.29 is 14.3 Å². The number of hydrogen-bond acceptors (Lipinski definition) is 5. The van der Waals surface area contributed by atoms with Gasteiger partial charge in [0.05, 0.1) is 4.91 Å². The number of amides is 1. The summed E-state index contributed by atoms with van der Waals surface area (Å²) in [6.45, 7) is 1.70. The van der Waals surface area contributed by atoms with Gasteiger partial charge in [0.1, 0.15) is 11.6 Å². The van der Waals surface area contributed by atoms with Gasteiger partial charge in [-0.05, 0) is 56.6 Å². The summed E-state index contributed by atoms with van der Waals surface area (Å²) < 4.78 is 13.3. The lowest BCUT2D eigenvalue weighted by Crippen LogP contribution is -2.33. The van der Waals surface area contributed by atoms with Crippen molar-refractivity contribution in [3.8, 4) is 5.75 Å². The zero-order valence-corrected chi connectivity index (χ0v) is 13.8. The smallest absolute Gasteiger partial charge is 0.286 e. The molecular formula is C16H18FN3O2S. The summed E-state index contributed by atoms with van der Waals surface area (Å²) in [5.74, 6) is -0.865. The molecule has 1 N–H and O–H groups in total. The Morgan fingerprint density at radius 3 is 2.96 bits per heavy atom. The van der Waals surface area contributed by atoms with Crippen molar-refractivity contribution >= 4 is 28.9 Å². The highest BCUT2D eigenvalue weighted by atomic mass is 32.2. The first-order valence-electron chi connectivity index (χ1n) is 7.36. The van der Waals surface area contributed by atoms with Gasteiger partial charge in [-0.1, -0.05) is 0 Å². The van der Waals surface area contributed by atoms with Gasteiger partial charge in [0.25, 0.3) is 5.91 Å². The predicted octanol–water partition coefficient (Wildman–Crippen LogP) is 2.14. The van der Waals surface area contributed by atoms with Crippen molar-refractivity contribution in [3.05, 3.63) is 34.5 Å². The molecule has 1 aromatic carbocycles. The molecule has 1 saturated heterocycles. The topological polar surface area (TPSA) is 56.1 Å². The fourth-order valence-corrected chi connectivity index (χ4v) is 3.59. The lowest BCUT2D eigenvalue weighted by atomic mass is 10.2. The van der Waals surface area contributed by atoms with Gasteiger partial charge in [-0.15, -0.1) is 0 Å². The van der Waals surface area contributed by atoms with Gasteiger partial charge >= 0.3 is 0 Å². The van der Waals surface area contributed by atoms with Gasteiger partial charge in [-0.2, -0.15) is 4.99 Å². The van der Waals surface area contributed by atoms with Crippen LogP contribution < -0.4 is 0 Å². The quantitative estimate of drug-likeness (QED) is 0.839. The van der Waals surface area contributed by atoms with Gasteiger partial charge in [-0.3, -0.25) is 4.79 Å². The Labute approximate surface area is 138 Å². The summed E-state index contributed by atoms with van der Waals surface area (Å²) in [5, 5.41) is 10.5. The number of amidine groups is 1. The first-order chi connectivity index (χ1) is 10.9. The van der Waals surface area contributed by atoms with E-state index in [1.807, 2.05) is 14.1 Å². The summed E-state index contributed by atoms with van der Waals surface area (Å²) in [6.07, 6.45) is 2.52. The van der Waals surface area contributed by atoms with Crippen LogP contribution >= 0.6 is 11.8 Å². The van der Waals surface area contributed by atoms with E-state index in [1.165, 1.54) is 36.0 Å². The first kappa shape index (κ1) is 16.0. The third kappa shape index (κ3) is 3.40. The number of thioether (sulfide) groups is 1. The predicted molar refractivity (Wildman–Crippen MR) is 89.7 cm³/mol. The van der Waals surface area contributed by atoms with Gasteiger partial charge in [0, 0.05) is 24.7 Å². The minimum atomic E-state index is -0.459. The summed E-state index contributed by atoms with van der Waals surface area (Å²) in [6, 6.07) is 4.10.